The normalized spacial score (nSPS) is 15.8. The van der Waals surface area contributed by atoms with Crippen molar-refractivity contribution in [2.45, 2.75) is 45.1 Å². The predicted octanol–water partition coefficient (Wildman–Crippen LogP) is 2.44. The summed E-state index contributed by atoms with van der Waals surface area (Å²) in [7, 11) is 0. The number of hydrogen-bond donors (Lipinski definition) is 2. The molecule has 2 N–H and O–H groups in total. The number of aliphatic carboxylic acids is 1. The fourth-order valence-electron chi connectivity index (χ4n) is 2.29. The van der Waals surface area contributed by atoms with Gasteiger partial charge < -0.3 is 15.0 Å². The van der Waals surface area contributed by atoms with Gasteiger partial charge in [0.1, 0.15) is 5.69 Å². The average molecular weight is 278 g/mol. The molecule has 1 amide bonds. The minimum Gasteiger partial charge on any atom is -0.481 e. The number of nitrogens with one attached hydrogen (secondary N) is 1. The summed E-state index contributed by atoms with van der Waals surface area (Å²) < 4.78 is 2.04. The molecule has 110 valence electrons. The average Bonchev–Trinajstić information content (AvgIpc) is 3.13. The molecule has 1 unspecified atom stereocenters. The van der Waals surface area contributed by atoms with Gasteiger partial charge in [0.25, 0.3) is 5.91 Å². The second kappa shape index (κ2) is 6.59. The molecule has 0 aromatic carbocycles. The summed E-state index contributed by atoms with van der Waals surface area (Å²) in [5, 5.41) is 11.5. The highest BCUT2D eigenvalue weighted by molar-refractivity contribution is 5.92. The summed E-state index contributed by atoms with van der Waals surface area (Å²) in [6, 6.07) is 4.25. The Balaban J connectivity index is 1.72. The van der Waals surface area contributed by atoms with Gasteiger partial charge in [-0.25, -0.2) is 0 Å². The van der Waals surface area contributed by atoms with Crippen molar-refractivity contribution in [2.24, 2.45) is 5.92 Å². The summed E-state index contributed by atoms with van der Waals surface area (Å²) in [6.45, 7) is 2.61. The Labute approximate surface area is 119 Å². The highest BCUT2D eigenvalue weighted by atomic mass is 16.4. The second-order valence-electron chi connectivity index (χ2n) is 5.61. The number of amides is 1. The van der Waals surface area contributed by atoms with E-state index >= 15 is 0 Å². The van der Waals surface area contributed by atoms with Crippen LogP contribution in [-0.2, 0) is 4.79 Å². The second-order valence-corrected chi connectivity index (χ2v) is 5.61. The van der Waals surface area contributed by atoms with Gasteiger partial charge in [0.15, 0.2) is 0 Å². The van der Waals surface area contributed by atoms with Crippen molar-refractivity contribution in [3.63, 3.8) is 0 Å². The van der Waals surface area contributed by atoms with Crippen LogP contribution in [-0.4, -0.2) is 28.1 Å². The zero-order valence-corrected chi connectivity index (χ0v) is 11.8. The molecule has 0 aliphatic heterocycles. The first-order valence-corrected chi connectivity index (χ1v) is 7.24. The van der Waals surface area contributed by atoms with E-state index in [1.165, 1.54) is 0 Å². The Kier molecular flexibility index (Phi) is 4.82. The molecule has 5 heteroatoms. The molecule has 1 aromatic rings. The van der Waals surface area contributed by atoms with Gasteiger partial charge in [-0.1, -0.05) is 6.92 Å². The lowest BCUT2D eigenvalue weighted by Gasteiger charge is -2.12. The molecule has 1 fully saturated rings. The Morgan fingerprint density at radius 3 is 2.85 bits per heavy atom. The SMILES string of the molecule is CC(CCNC(=O)c1cccn1C1CC1)CCC(=O)O. The van der Waals surface area contributed by atoms with Crippen LogP contribution >= 0.6 is 0 Å². The van der Waals surface area contributed by atoms with E-state index in [1.807, 2.05) is 29.8 Å². The van der Waals surface area contributed by atoms with Crippen LogP contribution in [0.5, 0.6) is 0 Å². The molecule has 1 aromatic heterocycles. The first-order chi connectivity index (χ1) is 9.58. The predicted molar refractivity (Wildman–Crippen MR) is 75.7 cm³/mol. The quantitative estimate of drug-likeness (QED) is 0.767. The molecule has 5 nitrogen and oxygen atoms in total. The van der Waals surface area contributed by atoms with Crippen LogP contribution in [0.15, 0.2) is 18.3 Å². The van der Waals surface area contributed by atoms with Gasteiger partial charge in [-0.05, 0) is 43.7 Å². The summed E-state index contributed by atoms with van der Waals surface area (Å²) in [6.07, 6.45) is 5.93. The maximum absolute atomic E-state index is 12.1. The van der Waals surface area contributed by atoms with E-state index < -0.39 is 5.97 Å². The van der Waals surface area contributed by atoms with Crippen LogP contribution in [0.2, 0.25) is 0 Å². The fraction of sp³-hybridized carbons (Fsp3) is 0.600. The lowest BCUT2D eigenvalue weighted by molar-refractivity contribution is -0.137. The van der Waals surface area contributed by atoms with Crippen molar-refractivity contribution in [1.29, 1.82) is 0 Å². The number of carboxylic acid groups (broad SMARTS) is 1. The van der Waals surface area contributed by atoms with Crippen LogP contribution in [0.25, 0.3) is 0 Å². The molecular weight excluding hydrogens is 256 g/mol. The van der Waals surface area contributed by atoms with Crippen LogP contribution in [0.4, 0.5) is 0 Å². The minimum atomic E-state index is -0.761. The van der Waals surface area contributed by atoms with Gasteiger partial charge in [-0.15, -0.1) is 0 Å². The van der Waals surface area contributed by atoms with Crippen molar-refractivity contribution in [1.82, 2.24) is 9.88 Å². The van der Waals surface area contributed by atoms with Gasteiger partial charge in [-0.3, -0.25) is 9.59 Å². The van der Waals surface area contributed by atoms with Gasteiger partial charge in [0.05, 0.1) is 0 Å². The van der Waals surface area contributed by atoms with Crippen LogP contribution < -0.4 is 5.32 Å². The topological polar surface area (TPSA) is 71.3 Å². The van der Waals surface area contributed by atoms with Crippen molar-refractivity contribution in [2.75, 3.05) is 6.54 Å². The number of nitrogens with zero attached hydrogens (tertiary/aromatic N) is 1. The van der Waals surface area contributed by atoms with E-state index in [-0.39, 0.29) is 12.3 Å². The summed E-state index contributed by atoms with van der Waals surface area (Å²) >= 11 is 0. The smallest absolute Gasteiger partial charge is 0.303 e. The van der Waals surface area contributed by atoms with Crippen molar-refractivity contribution >= 4 is 11.9 Å². The highest BCUT2D eigenvalue weighted by Crippen LogP contribution is 2.35. The molecule has 1 aliphatic rings. The summed E-state index contributed by atoms with van der Waals surface area (Å²) in [4.78, 5) is 22.6. The molecule has 0 saturated heterocycles. The first-order valence-electron chi connectivity index (χ1n) is 7.24. The third kappa shape index (κ3) is 4.11. The molecule has 1 aliphatic carbocycles. The van der Waals surface area contributed by atoms with E-state index in [4.69, 9.17) is 5.11 Å². The molecule has 0 spiro atoms. The van der Waals surface area contributed by atoms with Gasteiger partial charge in [-0.2, -0.15) is 0 Å². The minimum absolute atomic E-state index is 0.0349. The Hall–Kier alpha value is -1.78. The van der Waals surface area contributed by atoms with Crippen LogP contribution in [0, 0.1) is 5.92 Å². The van der Waals surface area contributed by atoms with Gasteiger partial charge in [0.2, 0.25) is 0 Å². The molecule has 2 rings (SSSR count). The molecule has 20 heavy (non-hydrogen) atoms. The number of carboxylic acids is 1. The lowest BCUT2D eigenvalue weighted by atomic mass is 10.0. The van der Waals surface area contributed by atoms with E-state index in [0.29, 0.717) is 24.9 Å². The molecule has 1 heterocycles. The standard InChI is InChI=1S/C15H22N2O3/c1-11(4-7-14(18)19)8-9-16-15(20)13-3-2-10-17(13)12-5-6-12/h2-3,10-12H,4-9H2,1H3,(H,16,20)(H,18,19). The zero-order chi connectivity index (χ0) is 14.5. The van der Waals surface area contributed by atoms with E-state index in [9.17, 15) is 9.59 Å². The van der Waals surface area contributed by atoms with E-state index in [2.05, 4.69) is 5.32 Å². The zero-order valence-electron chi connectivity index (χ0n) is 11.8. The highest BCUT2D eigenvalue weighted by Gasteiger charge is 2.26. The molecule has 1 saturated carbocycles. The third-order valence-corrected chi connectivity index (χ3v) is 3.73. The maximum atomic E-state index is 12.1. The van der Waals surface area contributed by atoms with Gasteiger partial charge in [0, 0.05) is 25.2 Å². The maximum Gasteiger partial charge on any atom is 0.303 e. The molecule has 0 bridgehead atoms. The first kappa shape index (κ1) is 14.6. The Morgan fingerprint density at radius 1 is 1.45 bits per heavy atom. The molecule has 1 atom stereocenters. The number of hydrogen-bond acceptors (Lipinski definition) is 2. The van der Waals surface area contributed by atoms with Crippen molar-refractivity contribution in [3.05, 3.63) is 24.0 Å². The van der Waals surface area contributed by atoms with Crippen LogP contribution in [0.1, 0.15) is 55.6 Å². The monoisotopic (exact) mass is 278 g/mol. The van der Waals surface area contributed by atoms with Crippen LogP contribution in [0.3, 0.4) is 0 Å². The Morgan fingerprint density at radius 2 is 2.20 bits per heavy atom. The van der Waals surface area contributed by atoms with Crippen molar-refractivity contribution in [3.8, 4) is 0 Å². The number of rotatable bonds is 8. The molecule has 0 radical (unpaired) electrons. The largest absolute Gasteiger partial charge is 0.481 e. The van der Waals surface area contributed by atoms with Gasteiger partial charge >= 0.3 is 5.97 Å². The lowest BCUT2D eigenvalue weighted by Crippen LogP contribution is -2.27. The number of carbonyl (C=O) groups is 2. The van der Waals surface area contributed by atoms with E-state index in [0.717, 1.165) is 25.0 Å². The fourth-order valence-corrected chi connectivity index (χ4v) is 2.29. The van der Waals surface area contributed by atoms with Crippen molar-refractivity contribution < 1.29 is 14.7 Å². The molecular formula is C15H22N2O3. The summed E-state index contributed by atoms with van der Waals surface area (Å²) in [5.74, 6) is -0.489. The third-order valence-electron chi connectivity index (χ3n) is 3.73. The summed E-state index contributed by atoms with van der Waals surface area (Å²) in [5.41, 5.74) is 0.727. The van der Waals surface area contributed by atoms with E-state index in [1.54, 1.807) is 0 Å². The number of carbonyl (C=O) groups excluding carboxylic acids is 1. The number of aromatic nitrogens is 1. The Bertz CT molecular complexity index is 477.